The fraction of sp³-hybridized carbons (Fsp3) is 0.389. The number of hydrogen-bond acceptors (Lipinski definition) is 0. The average molecular weight is 271 g/mol. The van der Waals surface area contributed by atoms with Gasteiger partial charge in [-0.2, -0.15) is 0 Å². The first-order valence-corrected chi connectivity index (χ1v) is 7.62. The van der Waals surface area contributed by atoms with Crippen LogP contribution in [0.15, 0.2) is 30.3 Å². The summed E-state index contributed by atoms with van der Waals surface area (Å²) in [5.41, 5.74) is 5.69. The minimum atomic E-state index is 0.210. The first-order valence-electron chi connectivity index (χ1n) is 6.81. The Balaban J connectivity index is 2.67. The Hall–Kier alpha value is -1.21. The molecule has 0 saturated heterocycles. The molecule has 0 amide bonds. The zero-order valence-corrected chi connectivity index (χ0v) is 13.6. The highest BCUT2D eigenvalue weighted by atomic mass is 32.1. The Morgan fingerprint density at radius 2 is 1.47 bits per heavy atom. The lowest BCUT2D eigenvalue weighted by Gasteiger charge is -2.12. The van der Waals surface area contributed by atoms with Crippen LogP contribution in [0.25, 0.3) is 10.4 Å². The van der Waals surface area contributed by atoms with Gasteiger partial charge in [0.2, 0.25) is 21.1 Å². The van der Waals surface area contributed by atoms with Crippen molar-refractivity contribution in [2.75, 3.05) is 0 Å². The highest BCUT2D eigenvalue weighted by molar-refractivity contribution is 7.15. The van der Waals surface area contributed by atoms with Crippen LogP contribution in [0, 0.1) is 20.8 Å². The van der Waals surface area contributed by atoms with Gasteiger partial charge < -0.3 is 0 Å². The summed E-state index contributed by atoms with van der Waals surface area (Å²) in [6.45, 7) is 13.5. The Morgan fingerprint density at radius 1 is 0.895 bits per heavy atom. The minimum Gasteiger partial charge on any atom is -0.0617 e. The molecule has 0 aliphatic carbocycles. The van der Waals surface area contributed by atoms with Crippen molar-refractivity contribution in [3.8, 4) is 10.4 Å². The van der Waals surface area contributed by atoms with Crippen LogP contribution in [0.4, 0.5) is 0 Å². The van der Waals surface area contributed by atoms with Gasteiger partial charge in [0.05, 0.1) is 0 Å². The van der Waals surface area contributed by atoms with Crippen LogP contribution in [0.1, 0.15) is 42.3 Å². The maximum atomic E-state index is 2.32. The third-order valence-corrected chi connectivity index (χ3v) is 4.90. The molecule has 1 heteroatoms. The average Bonchev–Trinajstić information content (AvgIpc) is 2.26. The van der Waals surface area contributed by atoms with Crippen LogP contribution in [-0.2, 0) is 5.41 Å². The van der Waals surface area contributed by atoms with Gasteiger partial charge >= 0.3 is 0 Å². The van der Waals surface area contributed by atoms with Gasteiger partial charge in [-0.15, -0.1) is 0 Å². The van der Waals surface area contributed by atoms with E-state index in [4.69, 9.17) is 0 Å². The number of benzene rings is 1. The van der Waals surface area contributed by atoms with E-state index in [0.29, 0.717) is 0 Å². The molecule has 2 rings (SSSR count). The number of rotatable bonds is 1. The molecule has 0 radical (unpaired) electrons. The summed E-state index contributed by atoms with van der Waals surface area (Å²) in [6, 6.07) is 11.2. The Morgan fingerprint density at radius 3 is 2.00 bits per heavy atom. The third kappa shape index (κ3) is 3.03. The molecule has 19 heavy (non-hydrogen) atoms. The Labute approximate surface area is 121 Å². The first-order chi connectivity index (χ1) is 8.79. The van der Waals surface area contributed by atoms with Crippen molar-refractivity contribution in [3.63, 3.8) is 0 Å². The maximum absolute atomic E-state index is 2.32. The van der Waals surface area contributed by atoms with Gasteiger partial charge in [-0.3, -0.25) is 0 Å². The van der Waals surface area contributed by atoms with Crippen LogP contribution in [0.2, 0.25) is 0 Å². The molecule has 1 aromatic heterocycles. The molecule has 100 valence electrons. The van der Waals surface area contributed by atoms with Gasteiger partial charge in [-0.25, -0.2) is 0 Å². The predicted octanol–water partition coefficient (Wildman–Crippen LogP) is 5.92. The molecule has 1 heterocycles. The molecule has 0 aliphatic heterocycles. The maximum Gasteiger partial charge on any atom is 0.239 e. The standard InChI is InChI=1S/C18H23S/c1-12-10-15(19-16(11-12)18(4,5)6)17-13(2)8-7-9-14(17)3/h7-11H,1-6H3/q+1. The van der Waals surface area contributed by atoms with E-state index >= 15 is 0 Å². The van der Waals surface area contributed by atoms with Gasteiger partial charge in [0.25, 0.3) is 0 Å². The molecule has 0 aliphatic rings. The van der Waals surface area contributed by atoms with Crippen LogP contribution >= 0.6 is 11.3 Å². The Kier molecular flexibility index (Phi) is 3.78. The molecule has 1 aromatic carbocycles. The van der Waals surface area contributed by atoms with Crippen LogP contribution < -0.4 is 0 Å². The first kappa shape index (κ1) is 14.2. The monoisotopic (exact) mass is 271 g/mol. The summed E-state index contributed by atoms with van der Waals surface area (Å²) >= 11 is 1.92. The summed E-state index contributed by atoms with van der Waals surface area (Å²) in [4.78, 5) is 2.84. The summed E-state index contributed by atoms with van der Waals surface area (Å²) in [6.07, 6.45) is 0. The highest BCUT2D eigenvalue weighted by Crippen LogP contribution is 2.37. The van der Waals surface area contributed by atoms with Crippen molar-refractivity contribution in [2.24, 2.45) is 0 Å². The van der Waals surface area contributed by atoms with Gasteiger partial charge in [0, 0.05) is 23.1 Å². The smallest absolute Gasteiger partial charge is 0.0617 e. The lowest BCUT2D eigenvalue weighted by molar-refractivity contribution is 0.603. The van der Waals surface area contributed by atoms with E-state index in [0.717, 1.165) is 0 Å². The second-order valence-electron chi connectivity index (χ2n) is 6.38. The van der Waals surface area contributed by atoms with E-state index < -0.39 is 0 Å². The summed E-state index contributed by atoms with van der Waals surface area (Å²) in [7, 11) is 0. The number of hydrogen-bond donors (Lipinski definition) is 0. The fourth-order valence-electron chi connectivity index (χ4n) is 2.33. The lowest BCUT2D eigenvalue weighted by atomic mass is 9.94. The third-order valence-electron chi connectivity index (χ3n) is 3.40. The lowest BCUT2D eigenvalue weighted by Crippen LogP contribution is -2.09. The van der Waals surface area contributed by atoms with Crippen molar-refractivity contribution in [1.82, 2.24) is 0 Å². The Bertz CT molecular complexity index is 583. The molecule has 0 N–H and O–H groups in total. The molecule has 0 saturated carbocycles. The quantitative estimate of drug-likeness (QED) is 0.565. The summed E-state index contributed by atoms with van der Waals surface area (Å²) in [5, 5.41) is 0. The van der Waals surface area contributed by atoms with Crippen LogP contribution in [0.3, 0.4) is 0 Å². The van der Waals surface area contributed by atoms with Crippen molar-refractivity contribution in [1.29, 1.82) is 0 Å². The van der Waals surface area contributed by atoms with Gasteiger partial charge in [-0.1, -0.05) is 39.0 Å². The van der Waals surface area contributed by atoms with E-state index in [9.17, 15) is 0 Å². The summed E-state index contributed by atoms with van der Waals surface area (Å²) < 4.78 is 0. The van der Waals surface area contributed by atoms with E-state index in [-0.39, 0.29) is 5.41 Å². The molecular weight excluding hydrogens is 248 g/mol. The molecule has 0 unspecified atom stereocenters. The van der Waals surface area contributed by atoms with Crippen molar-refractivity contribution in [3.05, 3.63) is 51.9 Å². The normalized spacial score (nSPS) is 11.7. The molecule has 0 nitrogen and oxygen atoms in total. The van der Waals surface area contributed by atoms with E-state index in [1.54, 1.807) is 0 Å². The van der Waals surface area contributed by atoms with Crippen LogP contribution in [0.5, 0.6) is 0 Å². The zero-order valence-electron chi connectivity index (χ0n) is 12.8. The van der Waals surface area contributed by atoms with Crippen molar-refractivity contribution >= 4 is 11.3 Å². The highest BCUT2D eigenvalue weighted by Gasteiger charge is 2.27. The fourth-order valence-corrected chi connectivity index (χ4v) is 3.79. The topological polar surface area (TPSA) is 0 Å². The van der Waals surface area contributed by atoms with Crippen molar-refractivity contribution < 1.29 is 0 Å². The largest absolute Gasteiger partial charge is 0.239 e. The van der Waals surface area contributed by atoms with Crippen LogP contribution in [-0.4, -0.2) is 0 Å². The summed E-state index contributed by atoms with van der Waals surface area (Å²) in [5.74, 6) is 0. The van der Waals surface area contributed by atoms with Crippen molar-refractivity contribution in [2.45, 2.75) is 47.0 Å². The van der Waals surface area contributed by atoms with E-state index in [2.05, 4.69) is 71.9 Å². The molecule has 0 bridgehead atoms. The van der Waals surface area contributed by atoms with E-state index in [1.165, 1.54) is 32.0 Å². The molecule has 2 aromatic rings. The molecular formula is C18H23S+. The zero-order chi connectivity index (χ0) is 14.2. The predicted molar refractivity (Wildman–Crippen MR) is 87.1 cm³/mol. The second kappa shape index (κ2) is 5.05. The van der Waals surface area contributed by atoms with E-state index in [1.807, 2.05) is 11.3 Å². The van der Waals surface area contributed by atoms with Gasteiger partial charge in [0.15, 0.2) is 0 Å². The van der Waals surface area contributed by atoms with Gasteiger partial charge in [-0.05, 0) is 37.5 Å². The van der Waals surface area contributed by atoms with Gasteiger partial charge in [0.1, 0.15) is 0 Å². The number of aryl methyl sites for hydroxylation is 3. The SMILES string of the molecule is Cc1cc(-c2c(C)cccc2C)[s+]c(C(C)(C)C)c1. The molecule has 0 spiro atoms. The molecule has 0 fully saturated rings. The molecule has 0 atom stereocenters. The second-order valence-corrected chi connectivity index (χ2v) is 7.46. The minimum absolute atomic E-state index is 0.210.